The van der Waals surface area contributed by atoms with Gasteiger partial charge >= 0.3 is 5.97 Å². The predicted molar refractivity (Wildman–Crippen MR) is 78.4 cm³/mol. The summed E-state index contributed by atoms with van der Waals surface area (Å²) in [7, 11) is 0. The van der Waals surface area contributed by atoms with Gasteiger partial charge in [-0.15, -0.1) is 0 Å². The van der Waals surface area contributed by atoms with Gasteiger partial charge in [0.1, 0.15) is 5.75 Å². The van der Waals surface area contributed by atoms with Gasteiger partial charge in [0.15, 0.2) is 0 Å². The lowest BCUT2D eigenvalue weighted by molar-refractivity contribution is 0.0697. The third-order valence-corrected chi connectivity index (χ3v) is 2.87. The molecule has 1 N–H and O–H groups in total. The molecule has 1 aromatic rings. The number of rotatable bonds is 10. The van der Waals surface area contributed by atoms with Crippen LogP contribution in [-0.2, 0) is 4.74 Å². The number of carbonyl (C=O) groups is 1. The maximum absolute atomic E-state index is 10.7. The normalized spacial score (nSPS) is 10.8. The Morgan fingerprint density at radius 1 is 1.10 bits per heavy atom. The van der Waals surface area contributed by atoms with Crippen molar-refractivity contribution in [2.24, 2.45) is 5.92 Å². The number of hydrogen-bond donors (Lipinski definition) is 1. The lowest BCUT2D eigenvalue weighted by Gasteiger charge is -2.08. The summed E-state index contributed by atoms with van der Waals surface area (Å²) in [6.45, 7) is 6.51. The average molecular weight is 280 g/mol. The summed E-state index contributed by atoms with van der Waals surface area (Å²) in [5.74, 6) is 0.497. The van der Waals surface area contributed by atoms with E-state index in [1.54, 1.807) is 24.3 Å². The molecule has 0 saturated carbocycles. The molecule has 1 aromatic carbocycles. The van der Waals surface area contributed by atoms with Crippen molar-refractivity contribution >= 4 is 5.97 Å². The van der Waals surface area contributed by atoms with Crippen molar-refractivity contribution in [2.75, 3.05) is 19.8 Å². The summed E-state index contributed by atoms with van der Waals surface area (Å²) in [6, 6.07) is 6.43. The quantitative estimate of drug-likeness (QED) is 0.665. The second-order valence-corrected chi connectivity index (χ2v) is 5.18. The van der Waals surface area contributed by atoms with Gasteiger partial charge in [-0.3, -0.25) is 0 Å². The van der Waals surface area contributed by atoms with Gasteiger partial charge in [-0.2, -0.15) is 0 Å². The lowest BCUT2D eigenvalue weighted by atomic mass is 10.1. The maximum Gasteiger partial charge on any atom is 0.335 e. The molecule has 0 fully saturated rings. The number of hydrogen-bond acceptors (Lipinski definition) is 3. The summed E-state index contributed by atoms with van der Waals surface area (Å²) >= 11 is 0. The van der Waals surface area contributed by atoms with Crippen molar-refractivity contribution in [3.05, 3.63) is 29.8 Å². The SMILES string of the molecule is CC(C)CCCOCCCOc1ccc(C(=O)O)cc1. The van der Waals surface area contributed by atoms with Crippen molar-refractivity contribution in [1.29, 1.82) is 0 Å². The van der Waals surface area contributed by atoms with E-state index in [9.17, 15) is 4.79 Å². The van der Waals surface area contributed by atoms with Crippen LogP contribution in [-0.4, -0.2) is 30.9 Å². The Labute approximate surface area is 120 Å². The molecule has 0 amide bonds. The molecule has 0 spiro atoms. The minimum Gasteiger partial charge on any atom is -0.494 e. The van der Waals surface area contributed by atoms with Crippen LogP contribution in [0.3, 0.4) is 0 Å². The van der Waals surface area contributed by atoms with E-state index in [2.05, 4.69) is 13.8 Å². The Balaban J connectivity index is 2.05. The number of aromatic carboxylic acids is 1. The molecule has 0 aromatic heterocycles. The number of carboxylic acid groups (broad SMARTS) is 1. The van der Waals surface area contributed by atoms with Crippen molar-refractivity contribution in [3.8, 4) is 5.75 Å². The highest BCUT2D eigenvalue weighted by Gasteiger charge is 2.02. The van der Waals surface area contributed by atoms with E-state index in [0.717, 1.165) is 25.4 Å². The van der Waals surface area contributed by atoms with E-state index in [4.69, 9.17) is 14.6 Å². The van der Waals surface area contributed by atoms with E-state index < -0.39 is 5.97 Å². The Morgan fingerprint density at radius 3 is 2.35 bits per heavy atom. The summed E-state index contributed by atoms with van der Waals surface area (Å²) in [6.07, 6.45) is 3.14. The number of ether oxygens (including phenoxy) is 2. The molecule has 0 atom stereocenters. The fraction of sp³-hybridized carbons (Fsp3) is 0.562. The van der Waals surface area contributed by atoms with Crippen molar-refractivity contribution in [3.63, 3.8) is 0 Å². The van der Waals surface area contributed by atoms with Crippen LogP contribution >= 0.6 is 0 Å². The van der Waals surface area contributed by atoms with Gasteiger partial charge < -0.3 is 14.6 Å². The van der Waals surface area contributed by atoms with Crippen molar-refractivity contribution in [2.45, 2.75) is 33.1 Å². The van der Waals surface area contributed by atoms with Gasteiger partial charge in [0.25, 0.3) is 0 Å². The Morgan fingerprint density at radius 2 is 1.75 bits per heavy atom. The van der Waals surface area contributed by atoms with E-state index in [0.29, 0.717) is 19.0 Å². The molecule has 20 heavy (non-hydrogen) atoms. The second-order valence-electron chi connectivity index (χ2n) is 5.18. The molecular weight excluding hydrogens is 256 g/mol. The maximum atomic E-state index is 10.7. The molecule has 0 radical (unpaired) electrons. The van der Waals surface area contributed by atoms with Crippen molar-refractivity contribution < 1.29 is 19.4 Å². The molecule has 0 bridgehead atoms. The molecule has 0 heterocycles. The summed E-state index contributed by atoms with van der Waals surface area (Å²) in [5, 5.41) is 8.77. The first-order valence-electron chi connectivity index (χ1n) is 7.13. The Hall–Kier alpha value is -1.55. The standard InChI is InChI=1S/C16H24O4/c1-13(2)5-3-10-19-11-4-12-20-15-8-6-14(7-9-15)16(17)18/h6-9,13H,3-5,10-12H2,1-2H3,(H,17,18). The Kier molecular flexibility index (Phi) is 7.73. The average Bonchev–Trinajstić information content (AvgIpc) is 2.42. The molecule has 4 heteroatoms. The molecule has 0 aliphatic heterocycles. The third-order valence-electron chi connectivity index (χ3n) is 2.87. The number of benzene rings is 1. The topological polar surface area (TPSA) is 55.8 Å². The minimum atomic E-state index is -0.925. The van der Waals surface area contributed by atoms with E-state index in [1.807, 2.05) is 0 Å². The highest BCUT2D eigenvalue weighted by molar-refractivity contribution is 5.87. The second kappa shape index (κ2) is 9.37. The summed E-state index contributed by atoms with van der Waals surface area (Å²) < 4.78 is 11.0. The molecule has 0 aliphatic carbocycles. The van der Waals surface area contributed by atoms with Crippen LogP contribution in [0.4, 0.5) is 0 Å². The highest BCUT2D eigenvalue weighted by atomic mass is 16.5. The molecule has 0 saturated heterocycles. The molecule has 112 valence electrons. The van der Waals surface area contributed by atoms with Gasteiger partial charge in [-0.05, 0) is 43.0 Å². The third kappa shape index (κ3) is 7.14. The fourth-order valence-electron chi connectivity index (χ4n) is 1.74. The van der Waals surface area contributed by atoms with Crippen LogP contribution in [0.25, 0.3) is 0 Å². The smallest absolute Gasteiger partial charge is 0.335 e. The first-order valence-corrected chi connectivity index (χ1v) is 7.13. The van der Waals surface area contributed by atoms with E-state index in [-0.39, 0.29) is 5.56 Å². The van der Waals surface area contributed by atoms with Crippen molar-refractivity contribution in [1.82, 2.24) is 0 Å². The highest BCUT2D eigenvalue weighted by Crippen LogP contribution is 2.12. The monoisotopic (exact) mass is 280 g/mol. The fourth-order valence-corrected chi connectivity index (χ4v) is 1.74. The van der Waals surface area contributed by atoms with Crippen LogP contribution in [0, 0.1) is 5.92 Å². The van der Waals surface area contributed by atoms with E-state index in [1.165, 1.54) is 6.42 Å². The first kappa shape index (κ1) is 16.5. The molecular formula is C16H24O4. The first-order chi connectivity index (χ1) is 9.59. The van der Waals surface area contributed by atoms with Gasteiger partial charge in [0, 0.05) is 19.6 Å². The molecule has 4 nitrogen and oxygen atoms in total. The molecule has 0 aliphatic rings. The van der Waals surface area contributed by atoms with Crippen LogP contribution in [0.15, 0.2) is 24.3 Å². The number of carboxylic acids is 1. The summed E-state index contributed by atoms with van der Waals surface area (Å²) in [5.41, 5.74) is 0.269. The van der Waals surface area contributed by atoms with Gasteiger partial charge in [0.05, 0.1) is 12.2 Å². The summed E-state index contributed by atoms with van der Waals surface area (Å²) in [4.78, 5) is 10.7. The van der Waals surface area contributed by atoms with Crippen LogP contribution in [0.2, 0.25) is 0 Å². The van der Waals surface area contributed by atoms with Crippen LogP contribution < -0.4 is 4.74 Å². The minimum absolute atomic E-state index is 0.269. The molecule has 0 unspecified atom stereocenters. The zero-order chi connectivity index (χ0) is 14.8. The zero-order valence-corrected chi connectivity index (χ0v) is 12.3. The molecule has 1 rings (SSSR count). The van der Waals surface area contributed by atoms with Crippen LogP contribution in [0.1, 0.15) is 43.5 Å². The van der Waals surface area contributed by atoms with Gasteiger partial charge in [-0.1, -0.05) is 13.8 Å². The van der Waals surface area contributed by atoms with E-state index >= 15 is 0 Å². The van der Waals surface area contributed by atoms with Crippen LogP contribution in [0.5, 0.6) is 5.75 Å². The Bertz CT molecular complexity index is 384. The predicted octanol–water partition coefficient (Wildman–Crippen LogP) is 3.61. The zero-order valence-electron chi connectivity index (χ0n) is 12.3. The van der Waals surface area contributed by atoms with Gasteiger partial charge in [0.2, 0.25) is 0 Å². The largest absolute Gasteiger partial charge is 0.494 e. The lowest BCUT2D eigenvalue weighted by Crippen LogP contribution is -2.05. The van der Waals surface area contributed by atoms with Gasteiger partial charge in [-0.25, -0.2) is 4.79 Å².